The van der Waals surface area contributed by atoms with Gasteiger partial charge in [0, 0.05) is 5.25 Å². The van der Waals surface area contributed by atoms with Gasteiger partial charge in [-0.15, -0.1) is 0 Å². The molecule has 0 amide bonds. The molecule has 3 nitrogen and oxygen atoms in total. The summed E-state index contributed by atoms with van der Waals surface area (Å²) >= 11 is 1.64. The van der Waals surface area contributed by atoms with E-state index in [1.165, 1.54) is 57.8 Å². The number of sulfone groups is 1. The van der Waals surface area contributed by atoms with Crippen molar-refractivity contribution in [2.45, 2.75) is 82.5 Å². The van der Waals surface area contributed by atoms with Crippen LogP contribution in [0.2, 0.25) is 0 Å². The average Bonchev–Trinajstić information content (AvgIpc) is 2.69. The lowest BCUT2D eigenvalue weighted by molar-refractivity contribution is 0.207. The Morgan fingerprint density at radius 3 is 1.90 bits per heavy atom. The van der Waals surface area contributed by atoms with E-state index in [-0.39, 0.29) is 16.8 Å². The van der Waals surface area contributed by atoms with Crippen molar-refractivity contribution in [2.24, 2.45) is 0 Å². The molecule has 0 aromatic rings. The predicted octanol–water partition coefficient (Wildman–Crippen LogP) is 3.80. The third-order valence-electron chi connectivity index (χ3n) is 4.10. The monoisotopic (exact) mass is 336 g/mol. The van der Waals surface area contributed by atoms with E-state index < -0.39 is 15.9 Å². The molecule has 0 aromatic heterocycles. The second-order valence-electron chi connectivity index (χ2n) is 6.24. The quantitative estimate of drug-likeness (QED) is 0.551. The summed E-state index contributed by atoms with van der Waals surface area (Å²) in [5.41, 5.74) is 0. The van der Waals surface area contributed by atoms with Crippen molar-refractivity contribution in [3.8, 4) is 0 Å². The molecule has 5 heteroatoms. The Labute approximate surface area is 135 Å². The molecule has 1 N–H and O–H groups in total. The molecule has 0 aromatic carbocycles. The molecule has 0 unspecified atom stereocenters. The van der Waals surface area contributed by atoms with Gasteiger partial charge < -0.3 is 5.11 Å². The van der Waals surface area contributed by atoms with Crippen molar-refractivity contribution in [2.75, 3.05) is 17.3 Å². The smallest absolute Gasteiger partial charge is 0.154 e. The molecule has 126 valence electrons. The fourth-order valence-electron chi connectivity index (χ4n) is 2.78. The zero-order valence-electron chi connectivity index (χ0n) is 13.4. The van der Waals surface area contributed by atoms with Gasteiger partial charge in [0.25, 0.3) is 0 Å². The number of thioether (sulfide) groups is 1. The molecule has 2 atom stereocenters. The van der Waals surface area contributed by atoms with Crippen LogP contribution in [0.3, 0.4) is 0 Å². The molecule has 0 bridgehead atoms. The third-order valence-corrected chi connectivity index (χ3v) is 7.46. The molecule has 0 radical (unpaired) electrons. The van der Waals surface area contributed by atoms with Gasteiger partial charge in [0.15, 0.2) is 9.84 Å². The Kier molecular flexibility index (Phi) is 10.0. The van der Waals surface area contributed by atoms with Gasteiger partial charge in [-0.3, -0.25) is 0 Å². The SMILES string of the molecule is CCCCCCCCCCCCS[C@@H]1CS(=O)(=O)C[C@@H]1O. The van der Waals surface area contributed by atoms with Crippen LogP contribution in [0.15, 0.2) is 0 Å². The number of hydrogen-bond donors (Lipinski definition) is 1. The maximum atomic E-state index is 11.4. The molecule has 1 aliphatic rings. The van der Waals surface area contributed by atoms with Crippen LogP contribution in [0.4, 0.5) is 0 Å². The minimum atomic E-state index is -2.98. The van der Waals surface area contributed by atoms with Gasteiger partial charge in [0.05, 0.1) is 17.6 Å². The van der Waals surface area contributed by atoms with Crippen molar-refractivity contribution in [1.29, 1.82) is 0 Å². The highest BCUT2D eigenvalue weighted by atomic mass is 32.2. The predicted molar refractivity (Wildman–Crippen MR) is 92.8 cm³/mol. The highest BCUT2D eigenvalue weighted by molar-refractivity contribution is 8.01. The van der Waals surface area contributed by atoms with Crippen molar-refractivity contribution in [1.82, 2.24) is 0 Å². The van der Waals surface area contributed by atoms with Crippen LogP contribution < -0.4 is 0 Å². The van der Waals surface area contributed by atoms with Crippen molar-refractivity contribution >= 4 is 21.6 Å². The van der Waals surface area contributed by atoms with Crippen molar-refractivity contribution < 1.29 is 13.5 Å². The van der Waals surface area contributed by atoms with Crippen molar-refractivity contribution in [3.63, 3.8) is 0 Å². The first-order valence-electron chi connectivity index (χ1n) is 8.55. The lowest BCUT2D eigenvalue weighted by Gasteiger charge is -2.11. The molecular formula is C16H32O3S2. The van der Waals surface area contributed by atoms with Crippen LogP contribution in [0.5, 0.6) is 0 Å². The van der Waals surface area contributed by atoms with E-state index in [1.54, 1.807) is 11.8 Å². The first-order valence-corrected chi connectivity index (χ1v) is 11.4. The van der Waals surface area contributed by atoms with E-state index in [1.807, 2.05) is 0 Å². The van der Waals surface area contributed by atoms with E-state index in [2.05, 4.69) is 6.92 Å². The summed E-state index contributed by atoms with van der Waals surface area (Å²) in [5.74, 6) is 1.10. The van der Waals surface area contributed by atoms with Crippen LogP contribution in [0, 0.1) is 0 Å². The van der Waals surface area contributed by atoms with Crippen LogP contribution in [0.1, 0.15) is 71.1 Å². The van der Waals surface area contributed by atoms with E-state index in [0.717, 1.165) is 12.2 Å². The Hall–Kier alpha value is 0.260. The normalized spacial score (nSPS) is 24.5. The molecule has 1 aliphatic heterocycles. The summed E-state index contributed by atoms with van der Waals surface area (Å²) in [6.07, 6.45) is 12.5. The molecule has 0 aliphatic carbocycles. The molecule has 1 rings (SSSR count). The van der Waals surface area contributed by atoms with Gasteiger partial charge in [0.2, 0.25) is 0 Å². The first kappa shape index (κ1) is 19.3. The second-order valence-corrected chi connectivity index (χ2v) is 9.74. The molecule has 0 saturated carbocycles. The summed E-state index contributed by atoms with van der Waals surface area (Å²) in [4.78, 5) is 0. The highest BCUT2D eigenvalue weighted by Gasteiger charge is 2.36. The highest BCUT2D eigenvalue weighted by Crippen LogP contribution is 2.26. The Morgan fingerprint density at radius 1 is 0.905 bits per heavy atom. The van der Waals surface area contributed by atoms with E-state index >= 15 is 0 Å². The molecule has 1 fully saturated rings. The third kappa shape index (κ3) is 9.09. The van der Waals surface area contributed by atoms with Crippen LogP contribution in [-0.4, -0.2) is 42.1 Å². The summed E-state index contributed by atoms with van der Waals surface area (Å²) in [7, 11) is -2.98. The minimum Gasteiger partial charge on any atom is -0.391 e. The Morgan fingerprint density at radius 2 is 1.43 bits per heavy atom. The fourth-order valence-corrected chi connectivity index (χ4v) is 6.51. The molecule has 1 heterocycles. The van der Waals surface area contributed by atoms with Gasteiger partial charge >= 0.3 is 0 Å². The molecule has 0 spiro atoms. The van der Waals surface area contributed by atoms with E-state index in [4.69, 9.17) is 0 Å². The van der Waals surface area contributed by atoms with E-state index in [0.29, 0.717) is 0 Å². The number of aliphatic hydroxyl groups excluding tert-OH is 1. The van der Waals surface area contributed by atoms with Gasteiger partial charge in [-0.05, 0) is 12.2 Å². The second kappa shape index (κ2) is 10.9. The summed E-state index contributed by atoms with van der Waals surface area (Å²) in [5, 5.41) is 9.60. The van der Waals surface area contributed by atoms with Crippen LogP contribution in [-0.2, 0) is 9.84 Å². The number of unbranched alkanes of at least 4 members (excludes halogenated alkanes) is 9. The van der Waals surface area contributed by atoms with E-state index in [9.17, 15) is 13.5 Å². The largest absolute Gasteiger partial charge is 0.391 e. The Bertz CT molecular complexity index is 355. The number of rotatable bonds is 12. The number of aliphatic hydroxyl groups is 1. The maximum Gasteiger partial charge on any atom is 0.154 e. The first-order chi connectivity index (χ1) is 10.0. The minimum absolute atomic E-state index is 0.0390. The fraction of sp³-hybridized carbons (Fsp3) is 1.00. The lowest BCUT2D eigenvalue weighted by atomic mass is 10.1. The molecule has 21 heavy (non-hydrogen) atoms. The van der Waals surface area contributed by atoms with Crippen LogP contribution in [0.25, 0.3) is 0 Å². The van der Waals surface area contributed by atoms with Gasteiger partial charge in [0.1, 0.15) is 0 Å². The maximum absolute atomic E-state index is 11.4. The van der Waals surface area contributed by atoms with Crippen molar-refractivity contribution in [3.05, 3.63) is 0 Å². The lowest BCUT2D eigenvalue weighted by Crippen LogP contribution is -2.20. The van der Waals surface area contributed by atoms with Gasteiger partial charge in [-0.2, -0.15) is 11.8 Å². The summed E-state index contributed by atoms with van der Waals surface area (Å²) in [6.45, 7) is 2.25. The van der Waals surface area contributed by atoms with Gasteiger partial charge in [-0.1, -0.05) is 64.7 Å². The topological polar surface area (TPSA) is 54.4 Å². The summed E-state index contributed by atoms with van der Waals surface area (Å²) < 4.78 is 22.8. The average molecular weight is 337 g/mol. The zero-order valence-corrected chi connectivity index (χ0v) is 15.1. The Balaban J connectivity index is 1.87. The van der Waals surface area contributed by atoms with Gasteiger partial charge in [-0.25, -0.2) is 8.42 Å². The standard InChI is InChI=1S/C16H32O3S2/c1-2-3-4-5-6-7-8-9-10-11-12-20-16-14-21(18,19)13-15(16)17/h15-17H,2-14H2,1H3/t15-,16+/m0/s1. The molecular weight excluding hydrogens is 304 g/mol. The van der Waals surface area contributed by atoms with Crippen LogP contribution >= 0.6 is 11.8 Å². The number of hydrogen-bond acceptors (Lipinski definition) is 4. The summed E-state index contributed by atoms with van der Waals surface area (Å²) in [6, 6.07) is 0. The molecule has 1 saturated heterocycles. The zero-order chi connectivity index (χ0) is 15.6.